The summed E-state index contributed by atoms with van der Waals surface area (Å²) in [6, 6.07) is 7.57. The third-order valence-electron chi connectivity index (χ3n) is 8.26. The number of halogens is 1. The lowest BCUT2D eigenvalue weighted by Crippen LogP contribution is -2.48. The van der Waals surface area contributed by atoms with E-state index < -0.39 is 0 Å². The minimum Gasteiger partial charge on any atom is -0.489 e. The molecule has 3 heterocycles. The standard InChI is InChI=1S/C32H43BFN4O3P/c1-19-14-24-23(9-10-27-31(24)40-20(2)35-27)30(38(19)18-32(3,4)42)29-25(33)15-22(16-26(29)34)41-21-11-13-37(17-21)12-7-8-28(39)36(5)6/h7-10,15-16,19,21,30,35H,2,11-14,17-18,33,42H2,1,3-6H3/b8-7+/t19-,21?,30?/m1/s1. The molecule has 10 heteroatoms. The van der Waals surface area contributed by atoms with Gasteiger partial charge in [0, 0.05) is 69.6 Å². The minimum absolute atomic E-state index is 0.0260. The molecule has 1 saturated heterocycles. The Balaban J connectivity index is 1.40. The largest absolute Gasteiger partial charge is 0.489 e. The predicted octanol–water partition coefficient (Wildman–Crippen LogP) is 3.45. The van der Waals surface area contributed by atoms with Crippen LogP contribution in [-0.2, 0) is 11.2 Å². The summed E-state index contributed by atoms with van der Waals surface area (Å²) in [5, 5.41) is 3.15. The molecule has 0 aliphatic carbocycles. The summed E-state index contributed by atoms with van der Waals surface area (Å²) in [5.41, 5.74) is 4.64. The molecule has 0 bridgehead atoms. The average Bonchev–Trinajstić information content (AvgIpc) is 3.50. The van der Waals surface area contributed by atoms with Crippen molar-refractivity contribution in [3.8, 4) is 11.5 Å². The van der Waals surface area contributed by atoms with Crippen molar-refractivity contribution in [3.63, 3.8) is 0 Å². The van der Waals surface area contributed by atoms with Crippen molar-refractivity contribution in [3.05, 3.63) is 71.4 Å². The smallest absolute Gasteiger partial charge is 0.245 e. The highest BCUT2D eigenvalue weighted by Crippen LogP contribution is 2.47. The number of ether oxygens (including phenoxy) is 2. The number of amides is 1. The van der Waals surface area contributed by atoms with Gasteiger partial charge in [-0.2, -0.15) is 0 Å². The van der Waals surface area contributed by atoms with Crippen molar-refractivity contribution < 1.29 is 18.7 Å². The van der Waals surface area contributed by atoms with E-state index in [1.807, 2.05) is 26.1 Å². The maximum atomic E-state index is 16.3. The van der Waals surface area contributed by atoms with Crippen LogP contribution in [0.25, 0.3) is 0 Å². The van der Waals surface area contributed by atoms with Crippen LogP contribution in [0, 0.1) is 5.82 Å². The lowest BCUT2D eigenvalue weighted by molar-refractivity contribution is -0.123. The van der Waals surface area contributed by atoms with Gasteiger partial charge in [0.05, 0.1) is 11.7 Å². The number of likely N-dealkylation sites (N-methyl/N-ethyl adjacent to an activating group) is 1. The van der Waals surface area contributed by atoms with Crippen LogP contribution in [0.3, 0.4) is 0 Å². The molecule has 5 rings (SSSR count). The first kappa shape index (κ1) is 30.6. The zero-order chi connectivity index (χ0) is 30.3. The Kier molecular flexibility index (Phi) is 8.76. The summed E-state index contributed by atoms with van der Waals surface area (Å²) in [4.78, 5) is 18.0. The topological polar surface area (TPSA) is 57.3 Å². The van der Waals surface area contributed by atoms with E-state index in [0.29, 0.717) is 23.7 Å². The number of nitrogens with one attached hydrogen (secondary N) is 1. The normalized spacial score (nSPS) is 22.5. The Hall–Kier alpha value is -2.87. The second-order valence-electron chi connectivity index (χ2n) is 12.8. The van der Waals surface area contributed by atoms with Crippen LogP contribution < -0.4 is 20.3 Å². The summed E-state index contributed by atoms with van der Waals surface area (Å²) in [7, 11) is 8.40. The van der Waals surface area contributed by atoms with Crippen LogP contribution in [-0.4, -0.2) is 86.0 Å². The monoisotopic (exact) mass is 592 g/mol. The Labute approximate surface area is 252 Å². The van der Waals surface area contributed by atoms with Gasteiger partial charge in [-0.3, -0.25) is 14.6 Å². The third-order valence-corrected chi connectivity index (χ3v) is 8.44. The van der Waals surface area contributed by atoms with Crippen LogP contribution >= 0.6 is 9.24 Å². The fourth-order valence-corrected chi connectivity index (χ4v) is 6.56. The van der Waals surface area contributed by atoms with Gasteiger partial charge in [0.25, 0.3) is 0 Å². The lowest BCUT2D eigenvalue weighted by Gasteiger charge is -2.45. The molecule has 1 amide bonds. The van der Waals surface area contributed by atoms with Crippen LogP contribution in [0.2, 0.25) is 0 Å². The van der Waals surface area contributed by atoms with Gasteiger partial charge in [0.15, 0.2) is 11.6 Å². The summed E-state index contributed by atoms with van der Waals surface area (Å²) in [6.45, 7) is 13.6. The average molecular weight is 593 g/mol. The van der Waals surface area contributed by atoms with Crippen LogP contribution in [0.15, 0.2) is 48.9 Å². The number of hydrogen-bond acceptors (Lipinski definition) is 6. The number of benzene rings is 2. The number of fused-ring (bicyclic) bond motifs is 3. The number of carbonyl (C=O) groups is 1. The molecule has 1 fully saturated rings. The van der Waals surface area contributed by atoms with Gasteiger partial charge in [0.2, 0.25) is 5.91 Å². The van der Waals surface area contributed by atoms with Crippen LogP contribution in [0.1, 0.15) is 49.9 Å². The Morgan fingerprint density at radius 2 is 2.12 bits per heavy atom. The number of nitrogens with zero attached hydrogens (tertiary/aromatic N) is 3. The predicted molar refractivity (Wildman–Crippen MR) is 173 cm³/mol. The second-order valence-corrected chi connectivity index (χ2v) is 14.4. The number of hydrogen-bond donors (Lipinski definition) is 1. The molecular weight excluding hydrogens is 549 g/mol. The Morgan fingerprint density at radius 1 is 1.36 bits per heavy atom. The summed E-state index contributed by atoms with van der Waals surface area (Å²) in [5.74, 6) is 1.60. The fraction of sp³-hybridized carbons (Fsp3) is 0.469. The first-order valence-electron chi connectivity index (χ1n) is 14.7. The number of anilines is 1. The molecule has 2 aromatic carbocycles. The van der Waals surface area contributed by atoms with E-state index in [1.165, 1.54) is 0 Å². The van der Waals surface area contributed by atoms with Gasteiger partial charge in [-0.1, -0.05) is 31.5 Å². The maximum absolute atomic E-state index is 16.3. The molecule has 0 aromatic heterocycles. The number of carbonyl (C=O) groups excluding carboxylic acids is 1. The van der Waals surface area contributed by atoms with Gasteiger partial charge in [-0.15, -0.1) is 9.24 Å². The van der Waals surface area contributed by atoms with E-state index in [1.54, 1.807) is 31.1 Å². The van der Waals surface area contributed by atoms with Gasteiger partial charge in [-0.25, -0.2) is 4.39 Å². The first-order chi connectivity index (χ1) is 19.8. The zero-order valence-corrected chi connectivity index (χ0v) is 26.8. The molecule has 2 aromatic rings. The summed E-state index contributed by atoms with van der Waals surface area (Å²) < 4.78 is 28.6. The van der Waals surface area contributed by atoms with E-state index in [-0.39, 0.29) is 35.1 Å². The van der Waals surface area contributed by atoms with Crippen LogP contribution in [0.5, 0.6) is 11.5 Å². The summed E-state index contributed by atoms with van der Waals surface area (Å²) >= 11 is 0. The summed E-state index contributed by atoms with van der Waals surface area (Å²) in [6.07, 6.45) is 5.12. The van der Waals surface area contributed by atoms with Gasteiger partial charge >= 0.3 is 0 Å². The molecule has 3 aliphatic heterocycles. The Bertz CT molecular complexity index is 1390. The minimum atomic E-state index is -0.265. The van der Waals surface area contributed by atoms with Crippen molar-refractivity contribution in [2.75, 3.05) is 45.6 Å². The highest BCUT2D eigenvalue weighted by molar-refractivity contribution is 7.18. The van der Waals surface area contributed by atoms with Crippen molar-refractivity contribution in [1.29, 1.82) is 0 Å². The van der Waals surface area contributed by atoms with Gasteiger partial charge < -0.3 is 19.7 Å². The molecule has 224 valence electrons. The molecule has 7 nitrogen and oxygen atoms in total. The van der Waals surface area contributed by atoms with Crippen molar-refractivity contribution in [2.45, 2.75) is 57.0 Å². The maximum Gasteiger partial charge on any atom is 0.245 e. The van der Waals surface area contributed by atoms with Gasteiger partial charge in [-0.05, 0) is 49.2 Å². The molecule has 3 unspecified atom stereocenters. The SMILES string of the molecule is Bc1cc(OC2CCN(C/C=C/C(=O)N(C)C)C2)cc(F)c1C1c2ccc3c(c2C[C@@H](C)N1CC(C)(C)P)OC(=C)N3. The van der Waals surface area contributed by atoms with E-state index in [0.717, 1.165) is 60.5 Å². The van der Waals surface area contributed by atoms with Gasteiger partial charge in [0.1, 0.15) is 25.5 Å². The molecule has 1 N–H and O–H groups in total. The number of rotatable bonds is 8. The highest BCUT2D eigenvalue weighted by Gasteiger charge is 2.40. The highest BCUT2D eigenvalue weighted by atomic mass is 31.0. The molecule has 42 heavy (non-hydrogen) atoms. The van der Waals surface area contributed by atoms with E-state index >= 15 is 4.39 Å². The zero-order valence-electron chi connectivity index (χ0n) is 25.7. The fourth-order valence-electron chi connectivity index (χ4n) is 6.35. The quantitative estimate of drug-likeness (QED) is 0.288. The molecule has 0 saturated carbocycles. The third kappa shape index (κ3) is 6.54. The first-order valence-corrected chi connectivity index (χ1v) is 15.3. The molecule has 4 atom stereocenters. The second kappa shape index (κ2) is 12.0. The Morgan fingerprint density at radius 3 is 2.81 bits per heavy atom. The molecular formula is C32H43BFN4O3P. The lowest BCUT2D eigenvalue weighted by atomic mass is 9.78. The van der Waals surface area contributed by atoms with Crippen molar-refractivity contribution in [1.82, 2.24) is 14.7 Å². The molecule has 0 radical (unpaired) electrons. The van der Waals surface area contributed by atoms with E-state index in [9.17, 15) is 4.79 Å². The number of likely N-dealkylation sites (tertiary alicyclic amines) is 1. The molecule has 0 spiro atoms. The molecule has 3 aliphatic rings. The van der Waals surface area contributed by atoms with E-state index in [2.05, 4.69) is 57.8 Å². The van der Waals surface area contributed by atoms with Crippen molar-refractivity contribution >= 4 is 34.1 Å². The van der Waals surface area contributed by atoms with Crippen molar-refractivity contribution in [2.24, 2.45) is 0 Å². The van der Waals surface area contributed by atoms with E-state index in [4.69, 9.17) is 9.47 Å². The van der Waals surface area contributed by atoms with Crippen LogP contribution in [0.4, 0.5) is 10.1 Å².